The minimum atomic E-state index is 0.883. The van der Waals surface area contributed by atoms with Crippen LogP contribution in [0.4, 0.5) is 0 Å². The molecule has 1 aromatic heterocycles. The highest BCUT2D eigenvalue weighted by molar-refractivity contribution is 6.22. The molecule has 12 rings (SSSR count). The molecule has 0 atom stereocenters. The third-order valence-electron chi connectivity index (χ3n) is 12.4. The minimum absolute atomic E-state index is 0.883. The Hall–Kier alpha value is -8.00. The van der Waals surface area contributed by atoms with Crippen molar-refractivity contribution in [3.8, 4) is 67.0 Å². The predicted octanol–water partition coefficient (Wildman–Crippen LogP) is 17.0. The highest BCUT2D eigenvalue weighted by Crippen LogP contribution is 2.46. The normalized spacial score (nSPS) is 11.6. The molecule has 12 aromatic rings. The molecule has 0 radical (unpaired) electrons. The maximum atomic E-state index is 6.70. The Balaban J connectivity index is 0.961. The quantitative estimate of drug-likeness (QED) is 0.153. The summed E-state index contributed by atoms with van der Waals surface area (Å²) in [7, 11) is 0. The van der Waals surface area contributed by atoms with E-state index in [9.17, 15) is 0 Å². The number of furan rings is 1. The summed E-state index contributed by atoms with van der Waals surface area (Å²) in [5.74, 6) is 0.896. The van der Waals surface area contributed by atoms with Crippen LogP contribution in [0.2, 0.25) is 0 Å². The van der Waals surface area contributed by atoms with Gasteiger partial charge in [0.05, 0.1) is 0 Å². The molecule has 284 valence electrons. The van der Waals surface area contributed by atoms with Crippen LogP contribution in [0.25, 0.3) is 121 Å². The molecule has 0 spiro atoms. The van der Waals surface area contributed by atoms with Gasteiger partial charge < -0.3 is 4.42 Å². The molecule has 0 bridgehead atoms. The molecule has 11 aromatic carbocycles. The van der Waals surface area contributed by atoms with Gasteiger partial charge in [-0.1, -0.05) is 200 Å². The fourth-order valence-electron chi connectivity index (χ4n) is 9.61. The van der Waals surface area contributed by atoms with Crippen molar-refractivity contribution in [2.75, 3.05) is 0 Å². The summed E-state index contributed by atoms with van der Waals surface area (Å²) in [5.41, 5.74) is 13.9. The van der Waals surface area contributed by atoms with Crippen LogP contribution >= 0.6 is 0 Å². The predicted molar refractivity (Wildman–Crippen MR) is 259 cm³/mol. The van der Waals surface area contributed by atoms with E-state index in [4.69, 9.17) is 4.42 Å². The molecule has 0 aliphatic carbocycles. The van der Waals surface area contributed by atoms with Crippen LogP contribution in [-0.2, 0) is 0 Å². The van der Waals surface area contributed by atoms with Gasteiger partial charge in [-0.15, -0.1) is 0 Å². The second kappa shape index (κ2) is 14.4. The smallest absolute Gasteiger partial charge is 0.143 e. The van der Waals surface area contributed by atoms with E-state index in [1.165, 1.54) is 76.5 Å². The van der Waals surface area contributed by atoms with Gasteiger partial charge in [-0.2, -0.15) is 0 Å². The zero-order chi connectivity index (χ0) is 40.3. The summed E-state index contributed by atoms with van der Waals surface area (Å²) in [6, 6.07) is 83.6. The first-order valence-electron chi connectivity index (χ1n) is 21.0. The van der Waals surface area contributed by atoms with Crippen LogP contribution in [0.1, 0.15) is 0 Å². The first-order chi connectivity index (χ1) is 30.2. The van der Waals surface area contributed by atoms with E-state index < -0.39 is 0 Å². The van der Waals surface area contributed by atoms with E-state index in [2.05, 4.69) is 224 Å². The van der Waals surface area contributed by atoms with Gasteiger partial charge in [-0.05, 0) is 123 Å². The summed E-state index contributed by atoms with van der Waals surface area (Å²) in [5, 5.41) is 11.0. The molecule has 0 saturated carbocycles. The summed E-state index contributed by atoms with van der Waals surface area (Å²) in [6.45, 7) is 0. The molecule has 1 heteroatoms. The molecule has 0 N–H and O–H groups in total. The van der Waals surface area contributed by atoms with Crippen LogP contribution in [0.5, 0.6) is 0 Å². The van der Waals surface area contributed by atoms with Crippen molar-refractivity contribution in [1.29, 1.82) is 0 Å². The van der Waals surface area contributed by atoms with Crippen LogP contribution in [0, 0.1) is 0 Å². The SMILES string of the molecule is c1ccc(-c2oc3cc(-c4ccc5cc(-c6c7ccccc7c(-c7cccc(-c8cccc9ccccc89)c7)c7ccccc67)ccc5c4)ccc3c2-c2ccccc2)cc1. The second-order valence-corrected chi connectivity index (χ2v) is 16.0. The molecule has 1 heterocycles. The molecule has 0 aliphatic rings. The molecule has 0 unspecified atom stereocenters. The first-order valence-corrected chi connectivity index (χ1v) is 21.0. The zero-order valence-corrected chi connectivity index (χ0v) is 33.3. The van der Waals surface area contributed by atoms with Crippen LogP contribution in [-0.4, -0.2) is 0 Å². The molecule has 0 amide bonds. The van der Waals surface area contributed by atoms with Gasteiger partial charge in [-0.3, -0.25) is 0 Å². The van der Waals surface area contributed by atoms with Gasteiger partial charge >= 0.3 is 0 Å². The van der Waals surface area contributed by atoms with Gasteiger partial charge in [0.15, 0.2) is 0 Å². The topological polar surface area (TPSA) is 13.1 Å². The van der Waals surface area contributed by atoms with E-state index in [0.29, 0.717) is 0 Å². The third kappa shape index (κ3) is 5.93. The van der Waals surface area contributed by atoms with E-state index in [0.717, 1.165) is 44.5 Å². The lowest BCUT2D eigenvalue weighted by Crippen LogP contribution is -1.91. The van der Waals surface area contributed by atoms with Crippen molar-refractivity contribution >= 4 is 54.1 Å². The van der Waals surface area contributed by atoms with Crippen LogP contribution in [0.3, 0.4) is 0 Å². The van der Waals surface area contributed by atoms with Crippen molar-refractivity contribution in [2.24, 2.45) is 0 Å². The Kier molecular flexibility index (Phi) is 8.25. The van der Waals surface area contributed by atoms with Crippen LogP contribution < -0.4 is 0 Å². The highest BCUT2D eigenvalue weighted by atomic mass is 16.3. The lowest BCUT2D eigenvalue weighted by atomic mass is 9.85. The van der Waals surface area contributed by atoms with Gasteiger partial charge in [0, 0.05) is 16.5 Å². The van der Waals surface area contributed by atoms with E-state index in [-0.39, 0.29) is 0 Å². The number of fused-ring (bicyclic) bond motifs is 5. The number of hydrogen-bond donors (Lipinski definition) is 0. The summed E-state index contributed by atoms with van der Waals surface area (Å²) in [4.78, 5) is 0. The fraction of sp³-hybridized carbons (Fsp3) is 0. The number of benzene rings is 11. The van der Waals surface area contributed by atoms with Gasteiger partial charge in [0.25, 0.3) is 0 Å². The largest absolute Gasteiger partial charge is 0.455 e. The Morgan fingerprint density at radius 2 is 0.705 bits per heavy atom. The van der Waals surface area contributed by atoms with Crippen molar-refractivity contribution in [2.45, 2.75) is 0 Å². The number of hydrogen-bond acceptors (Lipinski definition) is 1. The van der Waals surface area contributed by atoms with Gasteiger partial charge in [-0.25, -0.2) is 0 Å². The second-order valence-electron chi connectivity index (χ2n) is 16.0. The Morgan fingerprint density at radius 1 is 0.230 bits per heavy atom. The average Bonchev–Trinajstić information content (AvgIpc) is 3.72. The maximum Gasteiger partial charge on any atom is 0.143 e. The van der Waals surface area contributed by atoms with E-state index in [1.807, 2.05) is 6.07 Å². The molecule has 61 heavy (non-hydrogen) atoms. The lowest BCUT2D eigenvalue weighted by molar-refractivity contribution is 0.632. The molecular weight excluding hydrogens is 737 g/mol. The Morgan fingerprint density at radius 3 is 1.39 bits per heavy atom. The van der Waals surface area contributed by atoms with Gasteiger partial charge in [0.1, 0.15) is 11.3 Å². The zero-order valence-electron chi connectivity index (χ0n) is 33.3. The van der Waals surface area contributed by atoms with E-state index in [1.54, 1.807) is 0 Å². The summed E-state index contributed by atoms with van der Waals surface area (Å²) in [6.07, 6.45) is 0. The Labute approximate surface area is 354 Å². The molecule has 0 fully saturated rings. The first kappa shape index (κ1) is 35.0. The molecule has 0 saturated heterocycles. The molecule has 1 nitrogen and oxygen atoms in total. The fourth-order valence-corrected chi connectivity index (χ4v) is 9.61. The van der Waals surface area contributed by atoms with Crippen molar-refractivity contribution in [1.82, 2.24) is 0 Å². The maximum absolute atomic E-state index is 6.70. The van der Waals surface area contributed by atoms with Crippen molar-refractivity contribution in [3.05, 3.63) is 231 Å². The van der Waals surface area contributed by atoms with Gasteiger partial charge in [0.2, 0.25) is 0 Å². The Bertz CT molecular complexity index is 3570. The summed E-state index contributed by atoms with van der Waals surface area (Å²) < 4.78 is 6.70. The highest BCUT2D eigenvalue weighted by Gasteiger charge is 2.20. The van der Waals surface area contributed by atoms with Crippen molar-refractivity contribution in [3.63, 3.8) is 0 Å². The summed E-state index contributed by atoms with van der Waals surface area (Å²) >= 11 is 0. The van der Waals surface area contributed by atoms with Crippen molar-refractivity contribution < 1.29 is 4.42 Å². The minimum Gasteiger partial charge on any atom is -0.455 e. The molecule has 0 aliphatic heterocycles. The molecular formula is C60H38O. The third-order valence-corrected chi connectivity index (χ3v) is 12.4. The van der Waals surface area contributed by atoms with E-state index >= 15 is 0 Å². The number of rotatable bonds is 6. The average molecular weight is 775 g/mol. The monoisotopic (exact) mass is 774 g/mol. The standard InChI is InChI=1S/C60H38O/c1-3-16-40(17-4-1)59-55-34-33-45(38-56(55)61-60(59)41-18-5-2-6-19-41)43-29-30-44-36-48(32-31-42(44)35-43)58-53-26-11-9-24-51(53)57(52-25-10-12-27-54(52)58)47-22-13-21-46(37-47)50-28-14-20-39-15-7-8-23-49(39)50/h1-38H. The lowest BCUT2D eigenvalue weighted by Gasteiger charge is -2.18. The van der Waals surface area contributed by atoms with Crippen LogP contribution in [0.15, 0.2) is 235 Å².